The largest absolute Gasteiger partial charge is 0.507 e. The molecular formula is C19H17ClN2O4. The minimum Gasteiger partial charge on any atom is -0.507 e. The molecule has 1 aliphatic rings. The summed E-state index contributed by atoms with van der Waals surface area (Å²) in [4.78, 5) is 30.5. The van der Waals surface area contributed by atoms with Crippen molar-refractivity contribution in [2.45, 2.75) is 6.04 Å². The van der Waals surface area contributed by atoms with Crippen LogP contribution in [0, 0.1) is 0 Å². The Labute approximate surface area is 155 Å². The number of ether oxygens (including phenoxy) is 1. The number of rotatable bonds is 5. The predicted octanol–water partition coefficient (Wildman–Crippen LogP) is 2.80. The standard InChI is InChI=1S/C19H17ClN2O4/c1-26-10-9-22-16(13-3-2-4-14(20)11-13)15(18(24)19(22)25)17(23)12-5-7-21-8-6-12/h2-8,11,16,23H,9-10H2,1H3. The van der Waals surface area contributed by atoms with Gasteiger partial charge in [0, 0.05) is 36.6 Å². The number of hydrogen-bond donors (Lipinski definition) is 1. The van der Waals surface area contributed by atoms with Gasteiger partial charge in [0.05, 0.1) is 18.2 Å². The number of carbonyl (C=O) groups excluding carboxylic acids is 2. The van der Waals surface area contributed by atoms with E-state index in [1.165, 1.54) is 24.4 Å². The van der Waals surface area contributed by atoms with Gasteiger partial charge in [0.15, 0.2) is 0 Å². The van der Waals surface area contributed by atoms with Gasteiger partial charge < -0.3 is 14.7 Å². The second-order valence-electron chi connectivity index (χ2n) is 5.78. The molecule has 0 spiro atoms. The van der Waals surface area contributed by atoms with Crippen LogP contribution in [0.1, 0.15) is 17.2 Å². The van der Waals surface area contributed by atoms with Crippen molar-refractivity contribution in [1.82, 2.24) is 9.88 Å². The fourth-order valence-electron chi connectivity index (χ4n) is 2.99. The maximum atomic E-state index is 12.7. The Hall–Kier alpha value is -2.70. The molecular weight excluding hydrogens is 356 g/mol. The number of ketones is 1. The molecule has 2 heterocycles. The molecule has 1 aromatic heterocycles. The van der Waals surface area contributed by atoms with E-state index in [1.807, 2.05) is 0 Å². The Morgan fingerprint density at radius 3 is 2.65 bits per heavy atom. The van der Waals surface area contributed by atoms with Crippen molar-refractivity contribution in [3.63, 3.8) is 0 Å². The third kappa shape index (κ3) is 3.34. The van der Waals surface area contributed by atoms with E-state index in [0.717, 1.165) is 0 Å². The van der Waals surface area contributed by atoms with E-state index in [2.05, 4.69) is 4.98 Å². The third-order valence-corrected chi connectivity index (χ3v) is 4.43. The number of aliphatic hydroxyl groups is 1. The second kappa shape index (κ2) is 7.68. The number of Topliss-reactive ketones (excluding diaryl/α,β-unsaturated/α-hetero) is 1. The lowest BCUT2D eigenvalue weighted by Gasteiger charge is -2.25. The number of pyridine rings is 1. The first-order valence-corrected chi connectivity index (χ1v) is 8.35. The highest BCUT2D eigenvalue weighted by atomic mass is 35.5. The van der Waals surface area contributed by atoms with Crippen LogP contribution in [0.4, 0.5) is 0 Å². The summed E-state index contributed by atoms with van der Waals surface area (Å²) in [7, 11) is 1.52. The number of carbonyl (C=O) groups is 2. The lowest BCUT2D eigenvalue weighted by Crippen LogP contribution is -2.32. The molecule has 26 heavy (non-hydrogen) atoms. The van der Waals surface area contributed by atoms with Crippen molar-refractivity contribution in [3.05, 3.63) is 70.5 Å². The van der Waals surface area contributed by atoms with Crippen LogP contribution < -0.4 is 0 Å². The monoisotopic (exact) mass is 372 g/mol. The second-order valence-corrected chi connectivity index (χ2v) is 6.21. The van der Waals surface area contributed by atoms with Crippen LogP contribution in [0.2, 0.25) is 5.02 Å². The van der Waals surface area contributed by atoms with E-state index < -0.39 is 17.7 Å². The zero-order valence-electron chi connectivity index (χ0n) is 14.1. The highest BCUT2D eigenvalue weighted by Crippen LogP contribution is 2.39. The maximum absolute atomic E-state index is 12.7. The molecule has 6 nitrogen and oxygen atoms in total. The summed E-state index contributed by atoms with van der Waals surface area (Å²) in [5.74, 6) is -1.65. The van der Waals surface area contributed by atoms with Gasteiger partial charge in [-0.15, -0.1) is 0 Å². The maximum Gasteiger partial charge on any atom is 0.295 e. The summed E-state index contributed by atoms with van der Waals surface area (Å²) >= 11 is 6.09. The van der Waals surface area contributed by atoms with Crippen LogP contribution in [-0.4, -0.2) is 46.9 Å². The summed E-state index contributed by atoms with van der Waals surface area (Å²) in [5, 5.41) is 11.2. The average molecular weight is 373 g/mol. The van der Waals surface area contributed by atoms with Gasteiger partial charge in [0.2, 0.25) is 0 Å². The molecule has 0 radical (unpaired) electrons. The first-order chi connectivity index (χ1) is 12.5. The third-order valence-electron chi connectivity index (χ3n) is 4.19. The van der Waals surface area contributed by atoms with Crippen molar-refractivity contribution in [3.8, 4) is 0 Å². The molecule has 1 N–H and O–H groups in total. The number of likely N-dealkylation sites (tertiary alicyclic amines) is 1. The summed E-state index contributed by atoms with van der Waals surface area (Å²) in [6.45, 7) is 0.477. The van der Waals surface area contributed by atoms with Gasteiger partial charge in [-0.3, -0.25) is 14.6 Å². The van der Waals surface area contributed by atoms with Crippen LogP contribution in [0.25, 0.3) is 5.76 Å². The summed E-state index contributed by atoms with van der Waals surface area (Å²) < 4.78 is 5.06. The summed E-state index contributed by atoms with van der Waals surface area (Å²) in [6.07, 6.45) is 3.01. The van der Waals surface area contributed by atoms with E-state index in [1.54, 1.807) is 36.4 Å². The quantitative estimate of drug-likeness (QED) is 0.496. The number of benzene rings is 1. The lowest BCUT2D eigenvalue weighted by molar-refractivity contribution is -0.140. The van der Waals surface area contributed by atoms with Gasteiger partial charge in [-0.25, -0.2) is 0 Å². The number of aliphatic hydroxyl groups excluding tert-OH is 1. The Balaban J connectivity index is 2.16. The number of halogens is 1. The molecule has 1 amide bonds. The molecule has 3 rings (SSSR count). The molecule has 0 aliphatic carbocycles. The molecule has 1 saturated heterocycles. The molecule has 0 bridgehead atoms. The Kier molecular flexibility index (Phi) is 5.35. The topological polar surface area (TPSA) is 79.7 Å². The first kappa shape index (κ1) is 18.1. The Morgan fingerprint density at radius 2 is 2.00 bits per heavy atom. The highest BCUT2D eigenvalue weighted by molar-refractivity contribution is 6.46. The molecule has 1 unspecified atom stereocenters. The smallest absolute Gasteiger partial charge is 0.295 e. The number of methoxy groups -OCH3 is 1. The first-order valence-electron chi connectivity index (χ1n) is 7.97. The molecule has 1 aromatic carbocycles. The zero-order valence-corrected chi connectivity index (χ0v) is 14.8. The average Bonchev–Trinajstić information content (AvgIpc) is 2.91. The van der Waals surface area contributed by atoms with Crippen LogP contribution in [0.15, 0.2) is 54.4 Å². The fourth-order valence-corrected chi connectivity index (χ4v) is 3.19. The minimum atomic E-state index is -0.739. The SMILES string of the molecule is COCCN1C(=O)C(=O)C(=C(O)c2ccncc2)C1c1cccc(Cl)c1. The van der Waals surface area contributed by atoms with Crippen molar-refractivity contribution >= 4 is 29.1 Å². The van der Waals surface area contributed by atoms with Crippen LogP contribution in [0.3, 0.4) is 0 Å². The zero-order chi connectivity index (χ0) is 18.7. The van der Waals surface area contributed by atoms with E-state index in [-0.39, 0.29) is 24.5 Å². The van der Waals surface area contributed by atoms with Crippen LogP contribution >= 0.6 is 11.6 Å². The van der Waals surface area contributed by atoms with Gasteiger partial charge in [-0.1, -0.05) is 23.7 Å². The predicted molar refractivity (Wildman–Crippen MR) is 96.6 cm³/mol. The number of aromatic nitrogens is 1. The molecule has 1 aliphatic heterocycles. The fraction of sp³-hybridized carbons (Fsp3) is 0.211. The number of hydrogen-bond acceptors (Lipinski definition) is 5. The lowest BCUT2D eigenvalue weighted by atomic mass is 9.95. The molecule has 1 fully saturated rings. The highest BCUT2D eigenvalue weighted by Gasteiger charge is 2.45. The van der Waals surface area contributed by atoms with Crippen LogP contribution in [-0.2, 0) is 14.3 Å². The van der Waals surface area contributed by atoms with Crippen molar-refractivity contribution in [2.24, 2.45) is 0 Å². The van der Waals surface area contributed by atoms with E-state index >= 15 is 0 Å². The van der Waals surface area contributed by atoms with E-state index in [9.17, 15) is 14.7 Å². The van der Waals surface area contributed by atoms with Crippen molar-refractivity contribution in [2.75, 3.05) is 20.3 Å². The normalized spacial score (nSPS) is 19.2. The van der Waals surface area contributed by atoms with Crippen molar-refractivity contribution in [1.29, 1.82) is 0 Å². The van der Waals surface area contributed by atoms with Gasteiger partial charge in [-0.2, -0.15) is 0 Å². The summed E-state index contributed by atoms with van der Waals surface area (Å²) in [5.41, 5.74) is 1.08. The van der Waals surface area contributed by atoms with Crippen LogP contribution in [0.5, 0.6) is 0 Å². The van der Waals surface area contributed by atoms with Gasteiger partial charge in [0.25, 0.3) is 11.7 Å². The van der Waals surface area contributed by atoms with Gasteiger partial charge >= 0.3 is 0 Å². The number of amides is 1. The Bertz CT molecular complexity index is 867. The van der Waals surface area contributed by atoms with E-state index in [0.29, 0.717) is 16.1 Å². The van der Waals surface area contributed by atoms with Crippen molar-refractivity contribution < 1.29 is 19.4 Å². The molecule has 2 aromatic rings. The molecule has 7 heteroatoms. The molecule has 0 saturated carbocycles. The molecule has 134 valence electrons. The Morgan fingerprint density at radius 1 is 1.27 bits per heavy atom. The van der Waals surface area contributed by atoms with E-state index in [4.69, 9.17) is 16.3 Å². The minimum absolute atomic E-state index is 0.0274. The van der Waals surface area contributed by atoms with Gasteiger partial charge in [0.1, 0.15) is 5.76 Å². The van der Waals surface area contributed by atoms with Gasteiger partial charge in [-0.05, 0) is 29.8 Å². The molecule has 1 atom stereocenters. The summed E-state index contributed by atoms with van der Waals surface area (Å²) in [6, 6.07) is 9.30. The number of nitrogens with zero attached hydrogens (tertiary/aromatic N) is 2.